The molecule has 2 heterocycles. The molecular formula is C30H28ClN3O2. The first kappa shape index (κ1) is 24.0. The van der Waals surface area contributed by atoms with Crippen LogP contribution in [0.15, 0.2) is 67.0 Å². The number of nitrogens with one attached hydrogen (secondary N) is 1. The fraction of sp³-hybridized carbons (Fsp3) is 0.233. The van der Waals surface area contributed by atoms with E-state index in [1.807, 2.05) is 49.5 Å². The number of halogens is 1. The topological polar surface area (TPSA) is 64.1 Å². The second kappa shape index (κ2) is 10.1. The summed E-state index contributed by atoms with van der Waals surface area (Å²) in [7, 11) is 1.62. The molecule has 4 aromatic rings. The lowest BCUT2D eigenvalue weighted by Gasteiger charge is -2.29. The normalized spacial score (nSPS) is 14.7. The van der Waals surface area contributed by atoms with Crippen molar-refractivity contribution >= 4 is 17.5 Å². The molecule has 0 unspecified atom stereocenters. The van der Waals surface area contributed by atoms with Crippen LogP contribution < -0.4 is 10.1 Å². The molecule has 2 aromatic heterocycles. The number of hydrogen-bond acceptors (Lipinski definition) is 4. The standard InChI is InChI=1S/C30H28ClN3O2/c1-18-4-9-26(21-6-13-29(36-3)33-17-21)27-15-23(8-11-25(18)27)34-30(35)28-12-5-20(16-32-28)24-10-7-22(31)14-19(24)2/h4-7,9-10,12-14,16-17,23H,8,11,15H2,1-3H3,(H,34,35)/t23-/m0/s1. The van der Waals surface area contributed by atoms with Crippen molar-refractivity contribution < 1.29 is 9.53 Å². The van der Waals surface area contributed by atoms with Gasteiger partial charge in [0.05, 0.1) is 7.11 Å². The number of carbonyl (C=O) groups excluding carboxylic acids is 1. The number of amides is 1. The first-order chi connectivity index (χ1) is 17.4. The van der Waals surface area contributed by atoms with E-state index < -0.39 is 0 Å². The SMILES string of the molecule is COc1ccc(-c2ccc(C)c3c2C[C@@H](NC(=O)c2ccc(-c4ccc(Cl)cc4C)cn2)CC3)cn1. The molecule has 1 aliphatic rings. The highest BCUT2D eigenvalue weighted by atomic mass is 35.5. The van der Waals surface area contributed by atoms with Crippen LogP contribution in [0.3, 0.4) is 0 Å². The van der Waals surface area contributed by atoms with Gasteiger partial charge in [-0.15, -0.1) is 0 Å². The van der Waals surface area contributed by atoms with Gasteiger partial charge in [-0.3, -0.25) is 9.78 Å². The van der Waals surface area contributed by atoms with Crippen LogP contribution >= 0.6 is 11.6 Å². The van der Waals surface area contributed by atoms with Gasteiger partial charge in [0.15, 0.2) is 0 Å². The molecule has 0 saturated carbocycles. The van der Waals surface area contributed by atoms with Gasteiger partial charge in [-0.05, 0) is 90.8 Å². The Hall–Kier alpha value is -3.70. The number of carbonyl (C=O) groups is 1. The van der Waals surface area contributed by atoms with Gasteiger partial charge in [-0.1, -0.05) is 35.9 Å². The summed E-state index contributed by atoms with van der Waals surface area (Å²) in [5.41, 5.74) is 9.64. The molecule has 0 radical (unpaired) electrons. The van der Waals surface area contributed by atoms with Crippen LogP contribution in [0.5, 0.6) is 5.88 Å². The van der Waals surface area contributed by atoms with Crippen molar-refractivity contribution in [3.63, 3.8) is 0 Å². The van der Waals surface area contributed by atoms with Crippen LogP contribution in [0.4, 0.5) is 0 Å². The molecule has 1 atom stereocenters. The smallest absolute Gasteiger partial charge is 0.270 e. The number of hydrogen-bond donors (Lipinski definition) is 1. The molecule has 0 bridgehead atoms. The third-order valence-corrected chi connectivity index (χ3v) is 7.18. The molecule has 0 fully saturated rings. The van der Waals surface area contributed by atoms with Crippen molar-refractivity contribution in [3.05, 3.63) is 100.0 Å². The molecule has 0 saturated heterocycles. The summed E-state index contributed by atoms with van der Waals surface area (Å²) in [5, 5.41) is 3.92. The largest absolute Gasteiger partial charge is 0.481 e. The number of ether oxygens (including phenoxy) is 1. The predicted molar refractivity (Wildman–Crippen MR) is 144 cm³/mol. The lowest BCUT2D eigenvalue weighted by atomic mass is 9.81. The highest BCUT2D eigenvalue weighted by Crippen LogP contribution is 2.34. The fourth-order valence-electron chi connectivity index (χ4n) is 5.01. The Morgan fingerprint density at radius 3 is 2.36 bits per heavy atom. The van der Waals surface area contributed by atoms with Crippen molar-refractivity contribution in [2.24, 2.45) is 0 Å². The molecule has 1 aliphatic carbocycles. The molecular weight excluding hydrogens is 470 g/mol. The monoisotopic (exact) mass is 497 g/mol. The summed E-state index contributed by atoms with van der Waals surface area (Å²) < 4.78 is 5.21. The highest BCUT2D eigenvalue weighted by molar-refractivity contribution is 6.30. The molecule has 0 aliphatic heterocycles. The van der Waals surface area contributed by atoms with Crippen LogP contribution in [-0.2, 0) is 12.8 Å². The minimum atomic E-state index is -0.150. The Morgan fingerprint density at radius 2 is 1.67 bits per heavy atom. The average Bonchev–Trinajstić information content (AvgIpc) is 2.89. The van der Waals surface area contributed by atoms with E-state index in [2.05, 4.69) is 34.3 Å². The molecule has 1 N–H and O–H groups in total. The zero-order chi connectivity index (χ0) is 25.2. The van der Waals surface area contributed by atoms with Gasteiger partial charge < -0.3 is 10.1 Å². The second-order valence-electron chi connectivity index (χ2n) is 9.28. The zero-order valence-electron chi connectivity index (χ0n) is 20.6. The minimum absolute atomic E-state index is 0.0387. The van der Waals surface area contributed by atoms with Crippen LogP contribution in [0.2, 0.25) is 5.02 Å². The minimum Gasteiger partial charge on any atom is -0.481 e. The van der Waals surface area contributed by atoms with Gasteiger partial charge in [0.2, 0.25) is 5.88 Å². The molecule has 5 rings (SSSR count). The van der Waals surface area contributed by atoms with Gasteiger partial charge in [-0.2, -0.15) is 0 Å². The lowest BCUT2D eigenvalue weighted by Crippen LogP contribution is -2.39. The third-order valence-electron chi connectivity index (χ3n) is 6.95. The number of nitrogens with zero attached hydrogens (tertiary/aromatic N) is 2. The van der Waals surface area contributed by atoms with Crippen LogP contribution in [-0.4, -0.2) is 29.0 Å². The summed E-state index contributed by atoms with van der Waals surface area (Å²) in [4.78, 5) is 21.9. The summed E-state index contributed by atoms with van der Waals surface area (Å²) in [6, 6.07) is 17.8. The molecule has 36 heavy (non-hydrogen) atoms. The fourth-order valence-corrected chi connectivity index (χ4v) is 5.24. The van der Waals surface area contributed by atoms with Gasteiger partial charge >= 0.3 is 0 Å². The van der Waals surface area contributed by atoms with Crippen molar-refractivity contribution in [2.45, 2.75) is 39.2 Å². The van der Waals surface area contributed by atoms with Gasteiger partial charge in [0, 0.05) is 40.7 Å². The zero-order valence-corrected chi connectivity index (χ0v) is 21.4. The number of methoxy groups -OCH3 is 1. The lowest BCUT2D eigenvalue weighted by molar-refractivity contribution is 0.0928. The highest BCUT2D eigenvalue weighted by Gasteiger charge is 2.25. The van der Waals surface area contributed by atoms with Gasteiger partial charge in [0.25, 0.3) is 5.91 Å². The maximum atomic E-state index is 13.1. The number of pyridine rings is 2. The van der Waals surface area contributed by atoms with Crippen LogP contribution in [0, 0.1) is 13.8 Å². The number of benzene rings is 2. The number of rotatable bonds is 5. The summed E-state index contributed by atoms with van der Waals surface area (Å²) in [6.45, 7) is 4.17. The molecule has 1 amide bonds. The molecule has 6 heteroatoms. The van der Waals surface area contributed by atoms with Crippen molar-refractivity contribution in [1.82, 2.24) is 15.3 Å². The number of aryl methyl sites for hydroxylation is 2. The Morgan fingerprint density at radius 1 is 0.917 bits per heavy atom. The number of aromatic nitrogens is 2. The van der Waals surface area contributed by atoms with Crippen LogP contribution in [0.1, 0.15) is 39.2 Å². The van der Waals surface area contributed by atoms with E-state index in [-0.39, 0.29) is 11.9 Å². The van der Waals surface area contributed by atoms with E-state index >= 15 is 0 Å². The van der Waals surface area contributed by atoms with Crippen LogP contribution in [0.25, 0.3) is 22.3 Å². The molecule has 0 spiro atoms. The Balaban J connectivity index is 1.34. The van der Waals surface area contributed by atoms with E-state index in [4.69, 9.17) is 16.3 Å². The molecule has 2 aromatic carbocycles. The maximum Gasteiger partial charge on any atom is 0.270 e. The quantitative estimate of drug-likeness (QED) is 0.347. The first-order valence-corrected chi connectivity index (χ1v) is 12.5. The van der Waals surface area contributed by atoms with E-state index in [0.29, 0.717) is 16.6 Å². The third kappa shape index (κ3) is 4.84. The molecule has 5 nitrogen and oxygen atoms in total. The number of fused-ring (bicyclic) bond motifs is 1. The first-order valence-electron chi connectivity index (χ1n) is 12.1. The Kier molecular flexibility index (Phi) is 6.75. The van der Waals surface area contributed by atoms with E-state index in [9.17, 15) is 4.79 Å². The van der Waals surface area contributed by atoms with E-state index in [1.54, 1.807) is 19.4 Å². The summed E-state index contributed by atoms with van der Waals surface area (Å²) in [5.74, 6) is 0.442. The average molecular weight is 498 g/mol. The predicted octanol–water partition coefficient (Wildman–Crippen LogP) is 6.38. The van der Waals surface area contributed by atoms with Gasteiger partial charge in [0.1, 0.15) is 5.69 Å². The second-order valence-corrected chi connectivity index (χ2v) is 9.72. The van der Waals surface area contributed by atoms with Gasteiger partial charge in [-0.25, -0.2) is 4.98 Å². The Bertz CT molecular complexity index is 1420. The summed E-state index contributed by atoms with van der Waals surface area (Å²) >= 11 is 6.08. The Labute approximate surface area is 216 Å². The van der Waals surface area contributed by atoms with Crippen molar-refractivity contribution in [3.8, 4) is 28.1 Å². The van der Waals surface area contributed by atoms with E-state index in [1.165, 1.54) is 16.7 Å². The molecule has 182 valence electrons. The summed E-state index contributed by atoms with van der Waals surface area (Å²) in [6.07, 6.45) is 6.18. The van der Waals surface area contributed by atoms with Crippen molar-refractivity contribution in [2.75, 3.05) is 7.11 Å². The maximum absolute atomic E-state index is 13.1. The van der Waals surface area contributed by atoms with Crippen molar-refractivity contribution in [1.29, 1.82) is 0 Å². The van der Waals surface area contributed by atoms with E-state index in [0.717, 1.165) is 47.1 Å².